The number of aliphatic imine (C=N–C) groups is 1. The van der Waals surface area contributed by atoms with Gasteiger partial charge >= 0.3 is 0 Å². The van der Waals surface area contributed by atoms with Gasteiger partial charge in [0, 0.05) is 25.0 Å². The molecule has 1 aliphatic rings. The molecule has 1 fully saturated rings. The fraction of sp³-hybridized carbons (Fsp3) is 0.571. The highest BCUT2D eigenvalue weighted by Crippen LogP contribution is 2.25. The van der Waals surface area contributed by atoms with Crippen LogP contribution in [-0.2, 0) is 6.54 Å². The molecule has 2 heterocycles. The summed E-state index contributed by atoms with van der Waals surface area (Å²) in [7, 11) is 1.81. The second-order valence-corrected chi connectivity index (χ2v) is 6.12. The van der Waals surface area contributed by atoms with Crippen molar-refractivity contribution in [2.24, 2.45) is 4.99 Å². The predicted octanol–water partition coefficient (Wildman–Crippen LogP) is 2.57. The molecule has 1 atom stereocenters. The zero-order valence-electron chi connectivity index (χ0n) is 12.1. The van der Waals surface area contributed by atoms with Crippen molar-refractivity contribution >= 4 is 41.7 Å². The number of pyridine rings is 1. The van der Waals surface area contributed by atoms with Crippen molar-refractivity contribution in [3.8, 4) is 0 Å². The summed E-state index contributed by atoms with van der Waals surface area (Å²) in [5, 5.41) is 7.44. The van der Waals surface area contributed by atoms with E-state index < -0.39 is 0 Å². The predicted molar refractivity (Wildman–Crippen MR) is 98.1 cm³/mol. The van der Waals surface area contributed by atoms with Crippen LogP contribution in [0, 0.1) is 6.92 Å². The number of hydrogen-bond acceptors (Lipinski definition) is 3. The number of hydrogen-bond donors (Lipinski definition) is 2. The Hall–Kier alpha value is -0.500. The Morgan fingerprint density at radius 3 is 3.00 bits per heavy atom. The van der Waals surface area contributed by atoms with Crippen LogP contribution in [0.25, 0.3) is 0 Å². The molecule has 20 heavy (non-hydrogen) atoms. The average Bonchev–Trinajstić information content (AvgIpc) is 2.94. The van der Waals surface area contributed by atoms with Gasteiger partial charge in [-0.25, -0.2) is 0 Å². The molecule has 1 aromatic rings. The van der Waals surface area contributed by atoms with Gasteiger partial charge in [0.05, 0.1) is 12.2 Å². The molecule has 0 radical (unpaired) electrons. The number of rotatable bonds is 4. The van der Waals surface area contributed by atoms with Crippen molar-refractivity contribution in [2.45, 2.75) is 31.6 Å². The number of guanidine groups is 1. The topological polar surface area (TPSA) is 49.3 Å². The Bertz CT molecular complexity index is 433. The molecule has 0 spiro atoms. The minimum atomic E-state index is 0. The first-order chi connectivity index (χ1) is 9.29. The van der Waals surface area contributed by atoms with Gasteiger partial charge in [0.15, 0.2) is 5.96 Å². The van der Waals surface area contributed by atoms with Gasteiger partial charge in [-0.15, -0.1) is 24.0 Å². The highest BCUT2D eigenvalue weighted by Gasteiger charge is 2.15. The lowest BCUT2D eigenvalue weighted by Crippen LogP contribution is -2.40. The number of aryl methyl sites for hydroxylation is 1. The Morgan fingerprint density at radius 2 is 2.35 bits per heavy atom. The molecule has 1 aromatic heterocycles. The van der Waals surface area contributed by atoms with Crippen LogP contribution in [0.15, 0.2) is 23.3 Å². The van der Waals surface area contributed by atoms with Crippen LogP contribution < -0.4 is 10.6 Å². The van der Waals surface area contributed by atoms with Crippen LogP contribution in [-0.4, -0.2) is 35.5 Å². The third-order valence-electron chi connectivity index (χ3n) is 3.29. The molecular weight excluding hydrogens is 383 g/mol. The summed E-state index contributed by atoms with van der Waals surface area (Å²) < 4.78 is 0. The lowest BCUT2D eigenvalue weighted by molar-refractivity contribution is 0.722. The zero-order chi connectivity index (χ0) is 13.5. The largest absolute Gasteiger partial charge is 0.355 e. The summed E-state index contributed by atoms with van der Waals surface area (Å²) in [6.07, 6.45) is 4.49. The quantitative estimate of drug-likeness (QED) is 0.459. The monoisotopic (exact) mass is 406 g/mol. The zero-order valence-corrected chi connectivity index (χ0v) is 15.2. The number of nitrogens with zero attached hydrogens (tertiary/aromatic N) is 2. The van der Waals surface area contributed by atoms with E-state index in [1.807, 2.05) is 19.3 Å². The van der Waals surface area contributed by atoms with Crippen molar-refractivity contribution in [1.82, 2.24) is 15.6 Å². The fourth-order valence-corrected chi connectivity index (χ4v) is 3.31. The van der Waals surface area contributed by atoms with Gasteiger partial charge in [0.25, 0.3) is 0 Å². The molecule has 1 unspecified atom stereocenters. The van der Waals surface area contributed by atoms with E-state index in [0.29, 0.717) is 6.54 Å². The number of thioether (sulfide) groups is 1. The van der Waals surface area contributed by atoms with Gasteiger partial charge in [-0.2, -0.15) is 11.8 Å². The van der Waals surface area contributed by atoms with Crippen molar-refractivity contribution in [1.29, 1.82) is 0 Å². The van der Waals surface area contributed by atoms with Crippen molar-refractivity contribution in [2.75, 3.05) is 19.3 Å². The molecule has 112 valence electrons. The van der Waals surface area contributed by atoms with Crippen molar-refractivity contribution < 1.29 is 0 Å². The summed E-state index contributed by atoms with van der Waals surface area (Å²) >= 11 is 2.05. The van der Waals surface area contributed by atoms with Crippen LogP contribution in [0.3, 0.4) is 0 Å². The molecule has 0 amide bonds. The molecule has 4 nitrogen and oxygen atoms in total. The van der Waals surface area contributed by atoms with E-state index in [0.717, 1.165) is 23.4 Å². The van der Waals surface area contributed by atoms with E-state index in [2.05, 4.69) is 45.4 Å². The SMILES string of the molecule is CN=C(NCc1ncccc1C)NCC1CCCS1.I. The number of nitrogens with one attached hydrogen (secondary N) is 2. The van der Waals surface area contributed by atoms with Gasteiger partial charge < -0.3 is 10.6 Å². The average molecular weight is 406 g/mol. The summed E-state index contributed by atoms with van der Waals surface area (Å²) in [4.78, 5) is 8.62. The van der Waals surface area contributed by atoms with Crippen LogP contribution in [0.2, 0.25) is 0 Å². The Kier molecular flexibility index (Phi) is 8.28. The molecule has 2 N–H and O–H groups in total. The molecule has 1 aliphatic heterocycles. The van der Waals surface area contributed by atoms with E-state index in [9.17, 15) is 0 Å². The highest BCUT2D eigenvalue weighted by atomic mass is 127. The molecular formula is C14H23IN4S. The molecule has 0 saturated carbocycles. The van der Waals surface area contributed by atoms with E-state index in [4.69, 9.17) is 0 Å². The van der Waals surface area contributed by atoms with E-state index in [-0.39, 0.29) is 24.0 Å². The van der Waals surface area contributed by atoms with Crippen LogP contribution in [0.5, 0.6) is 0 Å². The minimum absolute atomic E-state index is 0. The van der Waals surface area contributed by atoms with Gasteiger partial charge in [-0.1, -0.05) is 6.07 Å². The summed E-state index contributed by atoms with van der Waals surface area (Å²) in [6, 6.07) is 4.04. The van der Waals surface area contributed by atoms with Crippen molar-refractivity contribution in [3.63, 3.8) is 0 Å². The first-order valence-electron chi connectivity index (χ1n) is 6.76. The summed E-state index contributed by atoms with van der Waals surface area (Å²) in [5.41, 5.74) is 2.28. The first kappa shape index (κ1) is 17.6. The van der Waals surface area contributed by atoms with Crippen LogP contribution in [0.1, 0.15) is 24.1 Å². The van der Waals surface area contributed by atoms with Crippen LogP contribution in [0.4, 0.5) is 0 Å². The molecule has 0 aromatic carbocycles. The highest BCUT2D eigenvalue weighted by molar-refractivity contribution is 14.0. The second kappa shape index (κ2) is 9.44. The second-order valence-electron chi connectivity index (χ2n) is 4.71. The van der Waals surface area contributed by atoms with E-state index in [1.165, 1.54) is 24.2 Å². The molecule has 1 saturated heterocycles. The lowest BCUT2D eigenvalue weighted by atomic mass is 10.2. The van der Waals surface area contributed by atoms with Crippen LogP contribution >= 0.6 is 35.7 Å². The molecule has 6 heteroatoms. The third-order valence-corrected chi connectivity index (χ3v) is 4.68. The maximum atomic E-state index is 4.37. The third kappa shape index (κ3) is 5.47. The van der Waals surface area contributed by atoms with Gasteiger partial charge in [-0.3, -0.25) is 9.98 Å². The molecule has 2 rings (SSSR count). The Labute approximate surface area is 142 Å². The standard InChI is InChI=1S/C14H22N4S.HI/c1-11-5-3-7-16-13(11)10-18-14(15-2)17-9-12-6-4-8-19-12;/h3,5,7,12H,4,6,8-10H2,1-2H3,(H2,15,17,18);1H. The Balaban J connectivity index is 0.00000200. The summed E-state index contributed by atoms with van der Waals surface area (Å²) in [5.74, 6) is 2.16. The van der Waals surface area contributed by atoms with E-state index >= 15 is 0 Å². The van der Waals surface area contributed by atoms with Crippen molar-refractivity contribution in [3.05, 3.63) is 29.6 Å². The van der Waals surface area contributed by atoms with Gasteiger partial charge in [0.2, 0.25) is 0 Å². The smallest absolute Gasteiger partial charge is 0.191 e. The molecule has 0 bridgehead atoms. The molecule has 0 aliphatic carbocycles. The maximum absolute atomic E-state index is 4.37. The van der Waals surface area contributed by atoms with Gasteiger partial charge in [-0.05, 0) is 37.1 Å². The number of aromatic nitrogens is 1. The summed E-state index contributed by atoms with van der Waals surface area (Å²) in [6.45, 7) is 3.78. The van der Waals surface area contributed by atoms with Gasteiger partial charge in [0.1, 0.15) is 0 Å². The minimum Gasteiger partial charge on any atom is -0.355 e. The first-order valence-corrected chi connectivity index (χ1v) is 7.81. The lowest BCUT2D eigenvalue weighted by Gasteiger charge is -2.15. The normalized spacial score (nSPS) is 18.5. The maximum Gasteiger partial charge on any atom is 0.191 e. The Morgan fingerprint density at radius 1 is 1.50 bits per heavy atom. The number of halogens is 1. The van der Waals surface area contributed by atoms with E-state index in [1.54, 1.807) is 0 Å². The fourth-order valence-electron chi connectivity index (χ4n) is 2.11.